The third kappa shape index (κ3) is 1.37. The predicted octanol–water partition coefficient (Wildman–Crippen LogP) is 2.67. The summed E-state index contributed by atoms with van der Waals surface area (Å²) in [6.07, 6.45) is 3.74. The summed E-state index contributed by atoms with van der Waals surface area (Å²) in [7, 11) is 0. The molecule has 0 aromatic carbocycles. The van der Waals surface area contributed by atoms with Crippen molar-refractivity contribution in [3.63, 3.8) is 0 Å². The van der Waals surface area contributed by atoms with E-state index >= 15 is 0 Å². The Balaban J connectivity index is 2.98. The van der Waals surface area contributed by atoms with E-state index in [2.05, 4.69) is 27.0 Å². The van der Waals surface area contributed by atoms with Crippen molar-refractivity contribution in [2.24, 2.45) is 5.41 Å². The Hall–Kier alpha value is -0.980. The minimum atomic E-state index is 0.102. The zero-order valence-corrected chi connectivity index (χ0v) is 7.18. The highest BCUT2D eigenvalue weighted by atomic mass is 16.5. The fourth-order valence-corrected chi connectivity index (χ4v) is 1.24. The molecule has 0 aromatic rings. The van der Waals surface area contributed by atoms with Gasteiger partial charge in [0.05, 0.1) is 6.61 Å². The average molecular weight is 150 g/mol. The van der Waals surface area contributed by atoms with Crippen molar-refractivity contribution < 1.29 is 4.74 Å². The van der Waals surface area contributed by atoms with Crippen molar-refractivity contribution in [2.45, 2.75) is 13.8 Å². The standard InChI is InChI=1S/C10H14O/c1-5-6-9-8(2)11-7-10(9,3)4/h5-6H,1-2,7H2,3-4H3/b9-6+. The van der Waals surface area contributed by atoms with Crippen LogP contribution < -0.4 is 0 Å². The molecule has 0 atom stereocenters. The first-order valence-corrected chi connectivity index (χ1v) is 3.73. The van der Waals surface area contributed by atoms with Crippen LogP contribution in [0.15, 0.2) is 36.6 Å². The lowest BCUT2D eigenvalue weighted by Crippen LogP contribution is -2.12. The summed E-state index contributed by atoms with van der Waals surface area (Å²) in [5.74, 6) is 0.787. The molecule has 0 N–H and O–H groups in total. The van der Waals surface area contributed by atoms with Gasteiger partial charge in [-0.3, -0.25) is 0 Å². The summed E-state index contributed by atoms with van der Waals surface area (Å²) in [5.41, 5.74) is 1.26. The smallest absolute Gasteiger partial charge is 0.116 e. The highest BCUT2D eigenvalue weighted by molar-refractivity contribution is 5.35. The van der Waals surface area contributed by atoms with Gasteiger partial charge in [-0.1, -0.05) is 39.2 Å². The number of hydrogen-bond acceptors (Lipinski definition) is 1. The summed E-state index contributed by atoms with van der Waals surface area (Å²) < 4.78 is 5.32. The highest BCUT2D eigenvalue weighted by Gasteiger charge is 2.32. The molecule has 0 aliphatic carbocycles. The SMILES string of the molecule is C=C/C=C1\C(=C)OCC1(C)C. The summed E-state index contributed by atoms with van der Waals surface area (Å²) >= 11 is 0. The Morgan fingerprint density at radius 1 is 1.55 bits per heavy atom. The van der Waals surface area contributed by atoms with Gasteiger partial charge < -0.3 is 4.74 Å². The maximum atomic E-state index is 5.32. The minimum absolute atomic E-state index is 0.102. The van der Waals surface area contributed by atoms with E-state index in [9.17, 15) is 0 Å². The molecule has 0 bridgehead atoms. The van der Waals surface area contributed by atoms with Gasteiger partial charge in [0.1, 0.15) is 5.76 Å². The van der Waals surface area contributed by atoms with E-state index in [1.807, 2.05) is 6.08 Å². The molecule has 0 aromatic heterocycles. The topological polar surface area (TPSA) is 9.23 Å². The van der Waals surface area contributed by atoms with Crippen molar-refractivity contribution >= 4 is 0 Å². The van der Waals surface area contributed by atoms with Gasteiger partial charge in [-0.25, -0.2) is 0 Å². The van der Waals surface area contributed by atoms with E-state index in [1.54, 1.807) is 6.08 Å². The molecule has 0 unspecified atom stereocenters. The van der Waals surface area contributed by atoms with Gasteiger partial charge in [-0.15, -0.1) is 0 Å². The molecule has 0 radical (unpaired) electrons. The van der Waals surface area contributed by atoms with Crippen LogP contribution in [0.1, 0.15) is 13.8 Å². The highest BCUT2D eigenvalue weighted by Crippen LogP contribution is 2.38. The van der Waals surface area contributed by atoms with Gasteiger partial charge in [0.15, 0.2) is 0 Å². The van der Waals surface area contributed by atoms with Gasteiger partial charge in [-0.05, 0) is 0 Å². The number of allylic oxidation sites excluding steroid dienone is 3. The molecular weight excluding hydrogens is 136 g/mol. The molecule has 1 heteroatoms. The van der Waals surface area contributed by atoms with Gasteiger partial charge in [0.2, 0.25) is 0 Å². The first-order chi connectivity index (χ1) is 5.08. The second-order valence-corrected chi connectivity index (χ2v) is 3.41. The normalized spacial score (nSPS) is 25.3. The molecule has 1 aliphatic heterocycles. The summed E-state index contributed by atoms with van der Waals surface area (Å²) in [6.45, 7) is 12.5. The zero-order valence-electron chi connectivity index (χ0n) is 7.18. The van der Waals surface area contributed by atoms with Crippen LogP contribution in [0.25, 0.3) is 0 Å². The number of hydrogen-bond donors (Lipinski definition) is 0. The lowest BCUT2D eigenvalue weighted by molar-refractivity contribution is 0.209. The number of ether oxygens (including phenoxy) is 1. The van der Waals surface area contributed by atoms with Gasteiger partial charge >= 0.3 is 0 Å². The average Bonchev–Trinajstić information content (AvgIpc) is 2.16. The first-order valence-electron chi connectivity index (χ1n) is 3.73. The largest absolute Gasteiger partial charge is 0.493 e. The second-order valence-electron chi connectivity index (χ2n) is 3.41. The van der Waals surface area contributed by atoms with Crippen LogP contribution in [0.2, 0.25) is 0 Å². The molecule has 0 amide bonds. The maximum Gasteiger partial charge on any atom is 0.116 e. The fourth-order valence-electron chi connectivity index (χ4n) is 1.24. The van der Waals surface area contributed by atoms with Crippen molar-refractivity contribution in [1.82, 2.24) is 0 Å². The lowest BCUT2D eigenvalue weighted by atomic mass is 9.86. The van der Waals surface area contributed by atoms with Crippen LogP contribution in [-0.4, -0.2) is 6.61 Å². The molecule has 1 aliphatic rings. The van der Waals surface area contributed by atoms with Crippen molar-refractivity contribution in [3.05, 3.63) is 36.6 Å². The monoisotopic (exact) mass is 150 g/mol. The molecule has 1 rings (SSSR count). The molecule has 0 spiro atoms. The van der Waals surface area contributed by atoms with Gasteiger partial charge in [0.25, 0.3) is 0 Å². The van der Waals surface area contributed by atoms with Crippen LogP contribution in [0, 0.1) is 5.41 Å². The zero-order chi connectivity index (χ0) is 8.48. The van der Waals surface area contributed by atoms with E-state index < -0.39 is 0 Å². The molecule has 1 saturated heterocycles. The fraction of sp³-hybridized carbons (Fsp3) is 0.400. The van der Waals surface area contributed by atoms with Crippen LogP contribution in [0.5, 0.6) is 0 Å². The second kappa shape index (κ2) is 2.57. The van der Waals surface area contributed by atoms with Crippen molar-refractivity contribution in [1.29, 1.82) is 0 Å². The molecule has 60 valence electrons. The van der Waals surface area contributed by atoms with E-state index in [-0.39, 0.29) is 5.41 Å². The Bertz CT molecular complexity index is 221. The molecular formula is C10H14O. The first kappa shape index (κ1) is 8.12. The Labute approximate surface area is 68.1 Å². The third-order valence-corrected chi connectivity index (χ3v) is 1.92. The molecule has 1 nitrogen and oxygen atoms in total. The summed E-state index contributed by atoms with van der Waals surface area (Å²) in [5, 5.41) is 0. The van der Waals surface area contributed by atoms with Crippen molar-refractivity contribution in [2.75, 3.05) is 6.61 Å². The minimum Gasteiger partial charge on any atom is -0.493 e. The van der Waals surface area contributed by atoms with Crippen LogP contribution in [0.3, 0.4) is 0 Å². The summed E-state index contributed by atoms with van der Waals surface area (Å²) in [4.78, 5) is 0. The Kier molecular flexibility index (Phi) is 1.90. The maximum absolute atomic E-state index is 5.32. The van der Waals surface area contributed by atoms with Crippen LogP contribution >= 0.6 is 0 Å². The number of rotatable bonds is 1. The molecule has 1 heterocycles. The van der Waals surface area contributed by atoms with Gasteiger partial charge in [0, 0.05) is 11.0 Å². The van der Waals surface area contributed by atoms with E-state index in [1.165, 1.54) is 0 Å². The van der Waals surface area contributed by atoms with Crippen LogP contribution in [-0.2, 0) is 4.74 Å². The van der Waals surface area contributed by atoms with E-state index in [0.717, 1.165) is 17.9 Å². The van der Waals surface area contributed by atoms with E-state index in [4.69, 9.17) is 4.74 Å². The lowest BCUT2D eigenvalue weighted by Gasteiger charge is -2.14. The quantitative estimate of drug-likeness (QED) is 0.558. The molecule has 1 fully saturated rings. The van der Waals surface area contributed by atoms with E-state index in [0.29, 0.717) is 0 Å². The Morgan fingerprint density at radius 2 is 2.18 bits per heavy atom. The molecule has 11 heavy (non-hydrogen) atoms. The molecule has 0 saturated carbocycles. The van der Waals surface area contributed by atoms with Crippen molar-refractivity contribution in [3.8, 4) is 0 Å². The van der Waals surface area contributed by atoms with Gasteiger partial charge in [-0.2, -0.15) is 0 Å². The third-order valence-electron chi connectivity index (χ3n) is 1.92. The van der Waals surface area contributed by atoms with Crippen LogP contribution in [0.4, 0.5) is 0 Å². The Morgan fingerprint density at radius 3 is 2.55 bits per heavy atom. The summed E-state index contributed by atoms with van der Waals surface area (Å²) in [6, 6.07) is 0. The predicted molar refractivity (Wildman–Crippen MR) is 47.2 cm³/mol.